The van der Waals surface area contributed by atoms with Crippen molar-refractivity contribution in [3.8, 4) is 5.69 Å². The lowest BCUT2D eigenvalue weighted by atomic mass is 10.0. The Morgan fingerprint density at radius 1 is 1.08 bits per heavy atom. The minimum absolute atomic E-state index is 0.00185. The minimum Gasteiger partial charge on any atom is -0.348 e. The summed E-state index contributed by atoms with van der Waals surface area (Å²) in [5.74, 6) is -0.257. The summed E-state index contributed by atoms with van der Waals surface area (Å²) in [4.78, 5) is 37.6. The molecule has 7 nitrogen and oxygen atoms in total. The molecule has 1 aliphatic rings. The second-order valence-electron chi connectivity index (χ2n) is 6.06. The fourth-order valence-electron chi connectivity index (χ4n) is 2.88. The van der Waals surface area contributed by atoms with E-state index in [9.17, 15) is 14.4 Å². The van der Waals surface area contributed by atoms with Gasteiger partial charge < -0.3 is 10.2 Å². The third-order valence-electron chi connectivity index (χ3n) is 4.31. The van der Waals surface area contributed by atoms with Gasteiger partial charge in [-0.15, -0.1) is 0 Å². The number of nitrogens with one attached hydrogen (secondary N) is 1. The van der Waals surface area contributed by atoms with Crippen LogP contribution in [0, 0.1) is 0 Å². The second-order valence-corrected chi connectivity index (χ2v) is 6.06. The van der Waals surface area contributed by atoms with Crippen LogP contribution in [0.5, 0.6) is 0 Å². The maximum Gasteiger partial charge on any atom is 0.271 e. The molecule has 0 unspecified atom stereocenters. The Kier molecular flexibility index (Phi) is 4.92. The van der Waals surface area contributed by atoms with E-state index < -0.39 is 0 Å². The van der Waals surface area contributed by atoms with Crippen molar-refractivity contribution < 1.29 is 9.59 Å². The standard InChI is InChI=1S/C18H20N4O3/c1-13(23)21-11-9-14(10-12-21)19-18(25)16-7-8-17(24)22(20-16)15-5-3-2-4-6-15/h2-8,14H,9-12H2,1H3,(H,19,25). The van der Waals surface area contributed by atoms with Gasteiger partial charge in [0.15, 0.2) is 0 Å². The normalized spacial score (nSPS) is 15.0. The first-order valence-corrected chi connectivity index (χ1v) is 8.27. The number of para-hydroxylation sites is 1. The molecule has 0 atom stereocenters. The molecule has 7 heteroatoms. The van der Waals surface area contributed by atoms with Gasteiger partial charge in [-0.05, 0) is 31.0 Å². The van der Waals surface area contributed by atoms with E-state index in [-0.39, 0.29) is 29.1 Å². The molecular formula is C18H20N4O3. The van der Waals surface area contributed by atoms with Crippen molar-refractivity contribution in [1.29, 1.82) is 0 Å². The fourth-order valence-corrected chi connectivity index (χ4v) is 2.88. The summed E-state index contributed by atoms with van der Waals surface area (Å²) < 4.78 is 1.22. The fraction of sp³-hybridized carbons (Fsp3) is 0.333. The Bertz CT molecular complexity index is 824. The van der Waals surface area contributed by atoms with Crippen LogP contribution in [0.4, 0.5) is 0 Å². The van der Waals surface area contributed by atoms with Crippen molar-refractivity contribution >= 4 is 11.8 Å². The van der Waals surface area contributed by atoms with E-state index in [0.717, 1.165) is 0 Å². The predicted octanol–water partition coefficient (Wildman–Crippen LogP) is 0.973. The smallest absolute Gasteiger partial charge is 0.271 e. The molecule has 3 rings (SSSR count). The number of aromatic nitrogens is 2. The largest absolute Gasteiger partial charge is 0.348 e. The highest BCUT2D eigenvalue weighted by Gasteiger charge is 2.23. The number of carbonyl (C=O) groups excluding carboxylic acids is 2. The van der Waals surface area contributed by atoms with Crippen molar-refractivity contribution in [2.24, 2.45) is 0 Å². The summed E-state index contributed by atoms with van der Waals surface area (Å²) in [6.45, 7) is 2.82. The van der Waals surface area contributed by atoms with E-state index in [1.54, 1.807) is 36.1 Å². The lowest BCUT2D eigenvalue weighted by Gasteiger charge is -2.31. The molecule has 2 amide bonds. The predicted molar refractivity (Wildman–Crippen MR) is 92.6 cm³/mol. The number of benzene rings is 1. The van der Waals surface area contributed by atoms with Crippen LogP contribution in [-0.4, -0.2) is 45.6 Å². The van der Waals surface area contributed by atoms with Crippen LogP contribution >= 0.6 is 0 Å². The van der Waals surface area contributed by atoms with E-state index in [1.165, 1.54) is 16.8 Å². The zero-order valence-electron chi connectivity index (χ0n) is 14.0. The number of nitrogens with zero attached hydrogens (tertiary/aromatic N) is 3. The monoisotopic (exact) mass is 340 g/mol. The Morgan fingerprint density at radius 2 is 1.76 bits per heavy atom. The summed E-state index contributed by atoms with van der Waals surface area (Å²) in [5.41, 5.74) is 0.506. The first-order valence-electron chi connectivity index (χ1n) is 8.27. The van der Waals surface area contributed by atoms with Crippen molar-refractivity contribution in [2.45, 2.75) is 25.8 Å². The number of carbonyl (C=O) groups is 2. The van der Waals surface area contributed by atoms with Crippen molar-refractivity contribution in [1.82, 2.24) is 20.0 Å². The Balaban J connectivity index is 1.71. The second kappa shape index (κ2) is 7.29. The van der Waals surface area contributed by atoms with Crippen LogP contribution in [0.25, 0.3) is 5.69 Å². The zero-order chi connectivity index (χ0) is 17.8. The molecule has 1 saturated heterocycles. The topological polar surface area (TPSA) is 84.3 Å². The summed E-state index contributed by atoms with van der Waals surface area (Å²) >= 11 is 0. The van der Waals surface area contributed by atoms with Gasteiger partial charge in [0.25, 0.3) is 11.5 Å². The molecule has 1 fully saturated rings. The third kappa shape index (κ3) is 3.93. The summed E-state index contributed by atoms with van der Waals surface area (Å²) in [6.07, 6.45) is 1.42. The first kappa shape index (κ1) is 16.9. The molecule has 1 aromatic heterocycles. The molecule has 0 saturated carbocycles. The van der Waals surface area contributed by atoms with Crippen LogP contribution in [0.1, 0.15) is 30.3 Å². The van der Waals surface area contributed by atoms with E-state index in [4.69, 9.17) is 0 Å². The Hall–Kier alpha value is -2.96. The summed E-state index contributed by atoms with van der Waals surface area (Å²) in [6, 6.07) is 11.7. The number of hydrogen-bond donors (Lipinski definition) is 1. The van der Waals surface area contributed by atoms with Crippen LogP contribution < -0.4 is 10.9 Å². The molecule has 130 valence electrons. The molecule has 1 N–H and O–H groups in total. The number of piperidine rings is 1. The summed E-state index contributed by atoms with van der Waals surface area (Å²) in [7, 11) is 0. The van der Waals surface area contributed by atoms with Gasteiger partial charge in [0.2, 0.25) is 5.91 Å². The molecule has 1 aliphatic heterocycles. The van der Waals surface area contributed by atoms with E-state index in [0.29, 0.717) is 31.6 Å². The molecule has 25 heavy (non-hydrogen) atoms. The maximum atomic E-state index is 12.5. The number of hydrogen-bond acceptors (Lipinski definition) is 4. The number of rotatable bonds is 3. The zero-order valence-corrected chi connectivity index (χ0v) is 14.0. The van der Waals surface area contributed by atoms with Gasteiger partial charge in [0.05, 0.1) is 5.69 Å². The first-order chi connectivity index (χ1) is 12.0. The lowest BCUT2D eigenvalue weighted by molar-refractivity contribution is -0.129. The van der Waals surface area contributed by atoms with Gasteiger partial charge in [-0.2, -0.15) is 9.78 Å². The van der Waals surface area contributed by atoms with Gasteiger partial charge in [-0.25, -0.2) is 0 Å². The van der Waals surface area contributed by atoms with Crippen LogP contribution in [0.3, 0.4) is 0 Å². The van der Waals surface area contributed by atoms with Crippen LogP contribution in [-0.2, 0) is 4.79 Å². The van der Waals surface area contributed by atoms with Crippen molar-refractivity contribution in [2.75, 3.05) is 13.1 Å². The average Bonchev–Trinajstić information content (AvgIpc) is 2.63. The highest BCUT2D eigenvalue weighted by Crippen LogP contribution is 2.11. The van der Waals surface area contributed by atoms with E-state index >= 15 is 0 Å². The van der Waals surface area contributed by atoms with E-state index in [2.05, 4.69) is 10.4 Å². The SMILES string of the molecule is CC(=O)N1CCC(NC(=O)c2ccc(=O)n(-c3ccccc3)n2)CC1. The third-order valence-corrected chi connectivity index (χ3v) is 4.31. The van der Waals surface area contributed by atoms with Crippen molar-refractivity contribution in [3.05, 3.63) is 58.5 Å². The van der Waals surface area contributed by atoms with Crippen LogP contribution in [0.2, 0.25) is 0 Å². The van der Waals surface area contributed by atoms with Gasteiger partial charge in [-0.3, -0.25) is 14.4 Å². The summed E-state index contributed by atoms with van der Waals surface area (Å²) in [5, 5.41) is 7.12. The van der Waals surface area contributed by atoms with Gasteiger partial charge in [0.1, 0.15) is 5.69 Å². The molecule has 0 bridgehead atoms. The Labute approximate surface area is 145 Å². The van der Waals surface area contributed by atoms with Crippen LogP contribution in [0.15, 0.2) is 47.3 Å². The molecule has 1 aromatic carbocycles. The quantitative estimate of drug-likeness (QED) is 0.902. The highest BCUT2D eigenvalue weighted by molar-refractivity contribution is 5.92. The highest BCUT2D eigenvalue weighted by atomic mass is 16.2. The molecule has 0 radical (unpaired) electrons. The minimum atomic E-state index is -0.314. The van der Waals surface area contributed by atoms with Gasteiger partial charge in [0, 0.05) is 32.1 Å². The van der Waals surface area contributed by atoms with Gasteiger partial charge >= 0.3 is 0 Å². The number of amides is 2. The molecule has 2 heterocycles. The van der Waals surface area contributed by atoms with Gasteiger partial charge in [-0.1, -0.05) is 18.2 Å². The lowest BCUT2D eigenvalue weighted by Crippen LogP contribution is -2.46. The Morgan fingerprint density at radius 3 is 2.40 bits per heavy atom. The maximum absolute atomic E-state index is 12.5. The average molecular weight is 340 g/mol. The molecule has 2 aromatic rings. The molecular weight excluding hydrogens is 320 g/mol. The van der Waals surface area contributed by atoms with E-state index in [1.807, 2.05) is 6.07 Å². The molecule has 0 spiro atoms. The number of likely N-dealkylation sites (tertiary alicyclic amines) is 1. The van der Waals surface area contributed by atoms with Crippen molar-refractivity contribution in [3.63, 3.8) is 0 Å². The molecule has 0 aliphatic carbocycles.